The van der Waals surface area contributed by atoms with Crippen LogP contribution in [0.15, 0.2) is 41.3 Å². The molecule has 0 atom stereocenters. The summed E-state index contributed by atoms with van der Waals surface area (Å²) in [6, 6.07) is 8.87. The van der Waals surface area contributed by atoms with Crippen molar-refractivity contribution in [3.05, 3.63) is 42.2 Å². The number of sulfonamides is 1. The monoisotopic (exact) mass is 479 g/mol. The number of benzene rings is 2. The molecule has 0 saturated carbocycles. The van der Waals surface area contributed by atoms with Crippen LogP contribution in [0.5, 0.6) is 11.5 Å². The smallest absolute Gasteiger partial charge is 0.240 e. The van der Waals surface area contributed by atoms with Crippen LogP contribution in [0, 0.1) is 5.82 Å². The number of halogens is 1. The Balaban J connectivity index is 1.30. The van der Waals surface area contributed by atoms with Crippen LogP contribution in [0.1, 0.15) is 12.8 Å². The zero-order valence-electron chi connectivity index (χ0n) is 18.0. The molecule has 1 amide bonds. The van der Waals surface area contributed by atoms with Crippen LogP contribution in [0.4, 0.5) is 15.8 Å². The van der Waals surface area contributed by atoms with E-state index in [1.165, 1.54) is 18.2 Å². The lowest BCUT2D eigenvalue weighted by molar-refractivity contribution is -0.116. The topological polar surface area (TPSA) is 106 Å². The van der Waals surface area contributed by atoms with Gasteiger partial charge in [-0.05, 0) is 30.3 Å². The first-order valence-electron chi connectivity index (χ1n) is 10.7. The van der Waals surface area contributed by atoms with Crippen molar-refractivity contribution in [2.75, 3.05) is 56.3 Å². The lowest BCUT2D eigenvalue weighted by Gasteiger charge is -2.29. The number of carbonyl (C=O) groups is 1. The van der Waals surface area contributed by atoms with Crippen molar-refractivity contribution in [1.29, 1.82) is 0 Å². The fraction of sp³-hybridized carbons (Fsp3) is 0.409. The van der Waals surface area contributed by atoms with Gasteiger partial charge in [-0.15, -0.1) is 0 Å². The molecule has 0 aromatic heterocycles. The van der Waals surface area contributed by atoms with Crippen molar-refractivity contribution in [3.8, 4) is 11.5 Å². The summed E-state index contributed by atoms with van der Waals surface area (Å²) in [5.41, 5.74) is 0.763. The summed E-state index contributed by atoms with van der Waals surface area (Å²) in [5, 5.41) is 2.59. The summed E-state index contributed by atoms with van der Waals surface area (Å²) in [5.74, 6) is -0.00642. The average molecular weight is 480 g/mol. The van der Waals surface area contributed by atoms with Crippen molar-refractivity contribution < 1.29 is 31.8 Å². The van der Waals surface area contributed by atoms with Gasteiger partial charge in [0.25, 0.3) is 0 Å². The highest BCUT2D eigenvalue weighted by Gasteiger charge is 2.19. The van der Waals surface area contributed by atoms with Gasteiger partial charge in [-0.2, -0.15) is 0 Å². The Hall–Kier alpha value is -2.89. The number of nitrogens with one attached hydrogen (secondary N) is 2. The number of nitrogens with zero attached hydrogens (tertiary/aromatic N) is 1. The number of amides is 1. The SMILES string of the molecule is O=C(CCNS(=O)(=O)c1ccc2c(c1)OCCCO2)Nc1ccc(N2CCOCC2)c(F)c1. The molecule has 0 spiro atoms. The zero-order valence-corrected chi connectivity index (χ0v) is 18.8. The summed E-state index contributed by atoms with van der Waals surface area (Å²) in [4.78, 5) is 14.1. The summed E-state index contributed by atoms with van der Waals surface area (Å²) < 4.78 is 58.3. The quantitative estimate of drug-likeness (QED) is 0.627. The molecule has 2 aromatic rings. The van der Waals surface area contributed by atoms with Crippen molar-refractivity contribution in [2.24, 2.45) is 0 Å². The summed E-state index contributed by atoms with van der Waals surface area (Å²) in [7, 11) is -3.84. The van der Waals surface area contributed by atoms with Crippen LogP contribution in [-0.4, -0.2) is 60.4 Å². The Morgan fingerprint density at radius 3 is 2.52 bits per heavy atom. The molecule has 4 rings (SSSR count). The van der Waals surface area contributed by atoms with Crippen LogP contribution in [0.25, 0.3) is 0 Å². The second-order valence-electron chi connectivity index (χ2n) is 7.62. The van der Waals surface area contributed by atoms with E-state index in [0.29, 0.717) is 68.8 Å². The molecular weight excluding hydrogens is 453 g/mol. The Morgan fingerprint density at radius 1 is 1.00 bits per heavy atom. The van der Waals surface area contributed by atoms with E-state index < -0.39 is 21.7 Å². The van der Waals surface area contributed by atoms with Gasteiger partial charge in [-0.25, -0.2) is 17.5 Å². The molecule has 1 saturated heterocycles. The highest BCUT2D eigenvalue weighted by atomic mass is 32.2. The minimum atomic E-state index is -3.84. The van der Waals surface area contributed by atoms with Crippen LogP contribution in [0.3, 0.4) is 0 Å². The van der Waals surface area contributed by atoms with Crippen LogP contribution in [0.2, 0.25) is 0 Å². The molecule has 0 radical (unpaired) electrons. The van der Waals surface area contributed by atoms with Crippen molar-refractivity contribution >= 4 is 27.3 Å². The van der Waals surface area contributed by atoms with E-state index in [0.717, 1.165) is 0 Å². The van der Waals surface area contributed by atoms with Gasteiger partial charge in [-0.3, -0.25) is 4.79 Å². The number of carbonyl (C=O) groups excluding carboxylic acids is 1. The molecule has 2 aromatic carbocycles. The van der Waals surface area contributed by atoms with E-state index in [1.54, 1.807) is 18.2 Å². The van der Waals surface area contributed by atoms with E-state index in [1.807, 2.05) is 4.90 Å². The van der Waals surface area contributed by atoms with Gasteiger partial charge < -0.3 is 24.4 Å². The highest BCUT2D eigenvalue weighted by Crippen LogP contribution is 2.31. The van der Waals surface area contributed by atoms with E-state index in [-0.39, 0.29) is 17.9 Å². The Kier molecular flexibility index (Phi) is 7.31. The maximum Gasteiger partial charge on any atom is 0.240 e. The van der Waals surface area contributed by atoms with Crippen LogP contribution >= 0.6 is 0 Å². The predicted molar refractivity (Wildman–Crippen MR) is 120 cm³/mol. The molecule has 9 nitrogen and oxygen atoms in total. The maximum absolute atomic E-state index is 14.5. The number of hydrogen-bond acceptors (Lipinski definition) is 7. The largest absolute Gasteiger partial charge is 0.490 e. The second kappa shape index (κ2) is 10.4. The van der Waals surface area contributed by atoms with Gasteiger partial charge in [0.15, 0.2) is 11.5 Å². The van der Waals surface area contributed by atoms with Crippen molar-refractivity contribution in [3.63, 3.8) is 0 Å². The predicted octanol–water partition coefficient (Wildman–Crippen LogP) is 2.13. The van der Waals surface area contributed by atoms with E-state index in [2.05, 4.69) is 10.0 Å². The third-order valence-electron chi connectivity index (χ3n) is 5.26. The third kappa shape index (κ3) is 5.92. The van der Waals surface area contributed by atoms with Gasteiger partial charge in [0.1, 0.15) is 5.82 Å². The molecule has 0 bridgehead atoms. The molecule has 1 fully saturated rings. The summed E-state index contributed by atoms with van der Waals surface area (Å²) in [6.07, 6.45) is 0.598. The van der Waals surface area contributed by atoms with Gasteiger partial charge >= 0.3 is 0 Å². The number of morpholine rings is 1. The molecule has 33 heavy (non-hydrogen) atoms. The summed E-state index contributed by atoms with van der Waals surface area (Å²) in [6.45, 7) is 3.12. The molecule has 0 unspecified atom stereocenters. The van der Waals surface area contributed by atoms with E-state index in [4.69, 9.17) is 14.2 Å². The van der Waals surface area contributed by atoms with Gasteiger partial charge in [0, 0.05) is 44.2 Å². The lowest BCUT2D eigenvalue weighted by atomic mass is 10.2. The van der Waals surface area contributed by atoms with E-state index in [9.17, 15) is 17.6 Å². The van der Waals surface area contributed by atoms with E-state index >= 15 is 0 Å². The summed E-state index contributed by atoms with van der Waals surface area (Å²) >= 11 is 0. The van der Waals surface area contributed by atoms with Gasteiger partial charge in [0.2, 0.25) is 15.9 Å². The normalized spacial score (nSPS) is 16.2. The lowest BCUT2D eigenvalue weighted by Crippen LogP contribution is -2.36. The molecule has 2 N–H and O–H groups in total. The highest BCUT2D eigenvalue weighted by molar-refractivity contribution is 7.89. The molecule has 2 aliphatic rings. The fourth-order valence-corrected chi connectivity index (χ4v) is 4.61. The Labute approximate surface area is 191 Å². The zero-order chi connectivity index (χ0) is 23.3. The Bertz CT molecular complexity index is 1110. The number of anilines is 2. The molecule has 2 aliphatic heterocycles. The Morgan fingerprint density at radius 2 is 1.76 bits per heavy atom. The maximum atomic E-state index is 14.5. The standard InChI is InChI=1S/C22H26FN3O6S/c23-18-14-16(2-4-19(18)26-8-12-30-13-9-26)25-22(27)6-7-24-33(28,29)17-3-5-20-21(15-17)32-11-1-10-31-20/h2-5,14-15,24H,1,6-13H2,(H,25,27). The minimum Gasteiger partial charge on any atom is -0.490 e. The van der Waals surface area contributed by atoms with Gasteiger partial charge in [-0.1, -0.05) is 0 Å². The third-order valence-corrected chi connectivity index (χ3v) is 6.72. The average Bonchev–Trinajstić information content (AvgIpc) is 3.04. The first-order chi connectivity index (χ1) is 15.9. The molecular formula is C22H26FN3O6S. The first kappa shape index (κ1) is 23.3. The molecule has 2 heterocycles. The molecule has 11 heteroatoms. The number of rotatable bonds is 7. The fourth-order valence-electron chi connectivity index (χ4n) is 3.56. The number of hydrogen-bond donors (Lipinski definition) is 2. The molecule has 178 valence electrons. The first-order valence-corrected chi connectivity index (χ1v) is 12.2. The van der Waals surface area contributed by atoms with Crippen LogP contribution < -0.4 is 24.4 Å². The minimum absolute atomic E-state index is 0.0212. The number of ether oxygens (including phenoxy) is 3. The van der Waals surface area contributed by atoms with Gasteiger partial charge in [0.05, 0.1) is 37.0 Å². The second-order valence-corrected chi connectivity index (χ2v) is 9.39. The molecule has 0 aliphatic carbocycles. The van der Waals surface area contributed by atoms with Crippen molar-refractivity contribution in [2.45, 2.75) is 17.7 Å². The van der Waals surface area contributed by atoms with Crippen LogP contribution in [-0.2, 0) is 19.6 Å². The number of fused-ring (bicyclic) bond motifs is 1. The van der Waals surface area contributed by atoms with Crippen molar-refractivity contribution in [1.82, 2.24) is 4.72 Å².